The summed E-state index contributed by atoms with van der Waals surface area (Å²) < 4.78 is 4.77. The van der Waals surface area contributed by atoms with Gasteiger partial charge in [-0.05, 0) is 45.7 Å². The largest absolute Gasteiger partial charge is 0.465 e. The first kappa shape index (κ1) is 16.7. The van der Waals surface area contributed by atoms with Crippen molar-refractivity contribution in [2.24, 2.45) is 0 Å². The van der Waals surface area contributed by atoms with E-state index in [1.54, 1.807) is 0 Å². The smallest absolute Gasteiger partial charge is 0.339 e. The maximum atomic E-state index is 11.6. The lowest BCUT2D eigenvalue weighted by Gasteiger charge is -2.39. The van der Waals surface area contributed by atoms with Gasteiger partial charge in [-0.15, -0.1) is 0 Å². The van der Waals surface area contributed by atoms with Crippen LogP contribution in [0.4, 0.5) is 5.82 Å². The minimum atomic E-state index is -0.329. The minimum Gasteiger partial charge on any atom is -0.465 e. The molecule has 122 valence electrons. The Balaban J connectivity index is 2.06. The number of rotatable bonds is 4. The molecular formula is C17H27N3O2. The molecule has 1 saturated heterocycles. The Morgan fingerprint density at radius 3 is 2.50 bits per heavy atom. The molecule has 0 aromatic carbocycles. The molecule has 0 bridgehead atoms. The van der Waals surface area contributed by atoms with Crippen LogP contribution >= 0.6 is 0 Å². The molecule has 2 heterocycles. The molecule has 0 spiro atoms. The van der Waals surface area contributed by atoms with Crippen LogP contribution in [-0.4, -0.2) is 55.2 Å². The van der Waals surface area contributed by atoms with Crippen LogP contribution in [0.3, 0.4) is 0 Å². The lowest BCUT2D eigenvalue weighted by molar-refractivity contribution is 0.0599. The van der Waals surface area contributed by atoms with Crippen LogP contribution in [0.25, 0.3) is 0 Å². The van der Waals surface area contributed by atoms with E-state index in [2.05, 4.69) is 35.7 Å². The van der Waals surface area contributed by atoms with E-state index in [-0.39, 0.29) is 5.97 Å². The number of likely N-dealkylation sites (tertiary alicyclic amines) is 1. The summed E-state index contributed by atoms with van der Waals surface area (Å²) >= 11 is 0. The Labute approximate surface area is 133 Å². The molecule has 0 amide bonds. The molecule has 0 saturated carbocycles. The van der Waals surface area contributed by atoms with E-state index in [0.29, 0.717) is 17.6 Å². The van der Waals surface area contributed by atoms with E-state index >= 15 is 0 Å². The van der Waals surface area contributed by atoms with Gasteiger partial charge in [0.1, 0.15) is 5.82 Å². The Morgan fingerprint density at radius 1 is 1.36 bits per heavy atom. The lowest BCUT2D eigenvalue weighted by atomic mass is 10.0. The predicted molar refractivity (Wildman–Crippen MR) is 88.4 cm³/mol. The van der Waals surface area contributed by atoms with Gasteiger partial charge in [-0.25, -0.2) is 9.78 Å². The Kier molecular flexibility index (Phi) is 5.40. The number of nitrogens with zero attached hydrogens (tertiary/aromatic N) is 3. The van der Waals surface area contributed by atoms with Gasteiger partial charge in [-0.3, -0.25) is 0 Å². The molecule has 1 aromatic rings. The average molecular weight is 305 g/mol. The second-order valence-electron chi connectivity index (χ2n) is 6.27. The number of esters is 1. The van der Waals surface area contributed by atoms with Gasteiger partial charge in [0.15, 0.2) is 0 Å². The molecule has 1 aliphatic rings. The van der Waals surface area contributed by atoms with Crippen LogP contribution in [0.15, 0.2) is 12.1 Å². The van der Waals surface area contributed by atoms with Crippen molar-refractivity contribution in [1.82, 2.24) is 9.88 Å². The van der Waals surface area contributed by atoms with Crippen LogP contribution < -0.4 is 4.90 Å². The third kappa shape index (κ3) is 3.58. The molecule has 1 fully saturated rings. The van der Waals surface area contributed by atoms with Gasteiger partial charge in [0.2, 0.25) is 0 Å². The van der Waals surface area contributed by atoms with E-state index in [1.807, 2.05) is 19.1 Å². The molecule has 0 atom stereocenters. The van der Waals surface area contributed by atoms with Crippen molar-refractivity contribution in [1.29, 1.82) is 0 Å². The summed E-state index contributed by atoms with van der Waals surface area (Å²) in [7, 11) is 3.49. The molecule has 0 N–H and O–H groups in total. The standard InChI is InChI=1S/C17H27N3O2/c1-12(2)20-10-8-14(9-11-20)19(4)16-7-6-15(13(3)18-16)17(21)22-5/h6-7,12,14H,8-11H2,1-5H3. The van der Waals surface area contributed by atoms with E-state index in [9.17, 15) is 4.79 Å². The number of aromatic nitrogens is 1. The number of methoxy groups -OCH3 is 1. The van der Waals surface area contributed by atoms with Gasteiger partial charge >= 0.3 is 5.97 Å². The number of anilines is 1. The maximum Gasteiger partial charge on any atom is 0.339 e. The zero-order valence-electron chi connectivity index (χ0n) is 14.3. The van der Waals surface area contributed by atoms with Crippen LogP contribution in [0.2, 0.25) is 0 Å². The highest BCUT2D eigenvalue weighted by molar-refractivity contribution is 5.90. The first-order chi connectivity index (χ1) is 10.4. The Bertz CT molecular complexity index is 523. The summed E-state index contributed by atoms with van der Waals surface area (Å²) in [4.78, 5) is 21.0. The van der Waals surface area contributed by atoms with Crippen molar-refractivity contribution < 1.29 is 9.53 Å². The summed E-state index contributed by atoms with van der Waals surface area (Å²) in [5.41, 5.74) is 1.25. The van der Waals surface area contributed by atoms with Gasteiger partial charge in [0, 0.05) is 32.2 Å². The lowest BCUT2D eigenvalue weighted by Crippen LogP contribution is -2.46. The Hall–Kier alpha value is -1.62. The highest BCUT2D eigenvalue weighted by atomic mass is 16.5. The first-order valence-corrected chi connectivity index (χ1v) is 7.97. The van der Waals surface area contributed by atoms with Crippen molar-refractivity contribution in [2.45, 2.75) is 45.7 Å². The molecule has 22 heavy (non-hydrogen) atoms. The highest BCUT2D eigenvalue weighted by Gasteiger charge is 2.24. The van der Waals surface area contributed by atoms with Gasteiger partial charge in [0.05, 0.1) is 18.4 Å². The fourth-order valence-electron chi connectivity index (χ4n) is 3.05. The molecular weight excluding hydrogens is 278 g/mol. The van der Waals surface area contributed by atoms with Crippen LogP contribution in [0.1, 0.15) is 42.7 Å². The maximum absolute atomic E-state index is 11.6. The second kappa shape index (κ2) is 7.09. The molecule has 0 aliphatic carbocycles. The molecule has 5 nitrogen and oxygen atoms in total. The third-order valence-electron chi connectivity index (χ3n) is 4.61. The van der Waals surface area contributed by atoms with E-state index in [4.69, 9.17) is 4.74 Å². The summed E-state index contributed by atoms with van der Waals surface area (Å²) in [5.74, 6) is 0.595. The van der Waals surface area contributed by atoms with E-state index in [0.717, 1.165) is 37.4 Å². The van der Waals surface area contributed by atoms with Crippen molar-refractivity contribution in [2.75, 3.05) is 32.1 Å². The molecule has 0 unspecified atom stereocenters. The topological polar surface area (TPSA) is 45.7 Å². The van der Waals surface area contributed by atoms with E-state index < -0.39 is 0 Å². The molecule has 2 rings (SSSR count). The Morgan fingerprint density at radius 2 is 2.00 bits per heavy atom. The van der Waals surface area contributed by atoms with Gasteiger partial charge < -0.3 is 14.5 Å². The van der Waals surface area contributed by atoms with Crippen LogP contribution in [0.5, 0.6) is 0 Å². The van der Waals surface area contributed by atoms with Crippen LogP contribution in [0, 0.1) is 6.92 Å². The number of hydrogen-bond acceptors (Lipinski definition) is 5. The number of carbonyl (C=O) groups excluding carboxylic acids is 1. The van der Waals surface area contributed by atoms with E-state index in [1.165, 1.54) is 7.11 Å². The van der Waals surface area contributed by atoms with Crippen molar-refractivity contribution in [3.63, 3.8) is 0 Å². The summed E-state index contributed by atoms with van der Waals surface area (Å²) in [6.07, 6.45) is 2.29. The van der Waals surface area contributed by atoms with Crippen molar-refractivity contribution in [3.05, 3.63) is 23.4 Å². The van der Waals surface area contributed by atoms with Crippen LogP contribution in [-0.2, 0) is 4.74 Å². The fraction of sp³-hybridized carbons (Fsp3) is 0.647. The monoisotopic (exact) mass is 305 g/mol. The molecule has 0 radical (unpaired) electrons. The molecule has 5 heteroatoms. The summed E-state index contributed by atoms with van der Waals surface area (Å²) in [6, 6.07) is 4.84. The average Bonchev–Trinajstić information content (AvgIpc) is 2.53. The minimum absolute atomic E-state index is 0.329. The number of carbonyl (C=O) groups is 1. The van der Waals surface area contributed by atoms with Crippen molar-refractivity contribution >= 4 is 11.8 Å². The number of ether oxygens (including phenoxy) is 1. The highest BCUT2D eigenvalue weighted by Crippen LogP contribution is 2.23. The predicted octanol–water partition coefficient (Wildman–Crippen LogP) is 2.49. The summed E-state index contributed by atoms with van der Waals surface area (Å²) in [5, 5.41) is 0. The number of pyridine rings is 1. The number of piperidine rings is 1. The van der Waals surface area contributed by atoms with Gasteiger partial charge in [-0.1, -0.05) is 0 Å². The molecule has 1 aromatic heterocycles. The fourth-order valence-corrected chi connectivity index (χ4v) is 3.05. The first-order valence-electron chi connectivity index (χ1n) is 7.97. The zero-order valence-corrected chi connectivity index (χ0v) is 14.3. The van der Waals surface area contributed by atoms with Gasteiger partial charge in [-0.2, -0.15) is 0 Å². The second-order valence-corrected chi connectivity index (χ2v) is 6.27. The zero-order chi connectivity index (χ0) is 16.3. The third-order valence-corrected chi connectivity index (χ3v) is 4.61. The quantitative estimate of drug-likeness (QED) is 0.800. The van der Waals surface area contributed by atoms with Crippen molar-refractivity contribution in [3.8, 4) is 0 Å². The summed E-state index contributed by atoms with van der Waals surface area (Å²) in [6.45, 7) is 8.61. The normalized spacial score (nSPS) is 16.8. The number of hydrogen-bond donors (Lipinski definition) is 0. The number of aryl methyl sites for hydroxylation is 1. The van der Waals surface area contributed by atoms with Gasteiger partial charge in [0.25, 0.3) is 0 Å². The SMILES string of the molecule is COC(=O)c1ccc(N(C)C2CCN(C(C)C)CC2)nc1C. The molecule has 1 aliphatic heterocycles.